The molecule has 1 heterocycles. The van der Waals surface area contributed by atoms with Crippen LogP contribution in [0.1, 0.15) is 77.3 Å². The molecule has 1 aliphatic rings. The van der Waals surface area contributed by atoms with E-state index < -0.39 is 5.60 Å². The molecule has 1 aromatic carbocycles. The minimum atomic E-state index is -0.798. The molecule has 2 rings (SSSR count). The van der Waals surface area contributed by atoms with Gasteiger partial charge in [0.1, 0.15) is 17.6 Å². The fourth-order valence-corrected chi connectivity index (χ4v) is 4.04. The van der Waals surface area contributed by atoms with Crippen LogP contribution >= 0.6 is 0 Å². The van der Waals surface area contributed by atoms with E-state index >= 15 is 0 Å². The van der Waals surface area contributed by atoms with Gasteiger partial charge in [0.05, 0.1) is 5.60 Å². The molecule has 1 aromatic rings. The first-order valence-corrected chi connectivity index (χ1v) is 9.08. The van der Waals surface area contributed by atoms with Crippen LogP contribution in [0.15, 0.2) is 12.1 Å². The van der Waals surface area contributed by atoms with Crippen LogP contribution in [0, 0.1) is 5.92 Å². The number of phenolic OH excluding ortho intramolecular Hbond substituents is 1. The predicted molar refractivity (Wildman–Crippen MR) is 94.2 cm³/mol. The number of fused-ring (bicyclic) bond motifs is 1. The van der Waals surface area contributed by atoms with E-state index in [9.17, 15) is 10.2 Å². The molecule has 23 heavy (non-hydrogen) atoms. The van der Waals surface area contributed by atoms with Gasteiger partial charge in [-0.1, -0.05) is 33.6 Å². The third kappa shape index (κ3) is 3.65. The lowest BCUT2D eigenvalue weighted by Crippen LogP contribution is -2.39. The second kappa shape index (κ2) is 7.12. The van der Waals surface area contributed by atoms with Gasteiger partial charge in [0.2, 0.25) is 0 Å². The Bertz CT molecular complexity index is 530. The molecule has 3 heteroatoms. The monoisotopic (exact) mass is 320 g/mol. The molecule has 0 aromatic heterocycles. The molecule has 3 atom stereocenters. The molecule has 0 aliphatic carbocycles. The zero-order chi connectivity index (χ0) is 17.2. The van der Waals surface area contributed by atoms with E-state index in [-0.39, 0.29) is 17.9 Å². The third-order valence-electron chi connectivity index (χ3n) is 5.07. The summed E-state index contributed by atoms with van der Waals surface area (Å²) < 4.78 is 6.19. The minimum absolute atomic E-state index is 0.0238. The summed E-state index contributed by atoms with van der Waals surface area (Å²) in [4.78, 5) is 0. The average molecular weight is 320 g/mol. The Balaban J connectivity index is 2.48. The number of hydrogen-bond donors (Lipinski definition) is 2. The Kier molecular flexibility index (Phi) is 5.61. The van der Waals surface area contributed by atoms with E-state index in [0.717, 1.165) is 49.0 Å². The Morgan fingerprint density at radius 3 is 2.39 bits per heavy atom. The Hall–Kier alpha value is -1.22. The maximum Gasteiger partial charge on any atom is 0.127 e. The van der Waals surface area contributed by atoms with Crippen molar-refractivity contribution >= 4 is 0 Å². The number of benzene rings is 1. The highest BCUT2D eigenvalue weighted by atomic mass is 16.5. The summed E-state index contributed by atoms with van der Waals surface area (Å²) in [5.41, 5.74) is 1.22. The van der Waals surface area contributed by atoms with Gasteiger partial charge in [0, 0.05) is 11.5 Å². The molecule has 3 unspecified atom stereocenters. The van der Waals surface area contributed by atoms with Crippen LogP contribution in [0.4, 0.5) is 0 Å². The molecule has 130 valence electrons. The second-order valence-corrected chi connectivity index (χ2v) is 7.42. The molecule has 0 spiro atoms. The van der Waals surface area contributed by atoms with E-state index in [1.54, 1.807) is 0 Å². The van der Waals surface area contributed by atoms with Crippen molar-refractivity contribution in [2.24, 2.45) is 5.92 Å². The Morgan fingerprint density at radius 1 is 1.17 bits per heavy atom. The molecular formula is C20H32O3. The van der Waals surface area contributed by atoms with Crippen molar-refractivity contribution in [3.05, 3.63) is 23.3 Å². The molecule has 0 radical (unpaired) electrons. The maximum atomic E-state index is 10.7. The highest BCUT2D eigenvalue weighted by molar-refractivity contribution is 5.53. The molecule has 1 aliphatic heterocycles. The van der Waals surface area contributed by atoms with Gasteiger partial charge in [-0.2, -0.15) is 0 Å². The van der Waals surface area contributed by atoms with Gasteiger partial charge in [-0.05, 0) is 56.7 Å². The third-order valence-corrected chi connectivity index (χ3v) is 5.07. The summed E-state index contributed by atoms with van der Waals surface area (Å²) in [7, 11) is 0. The van der Waals surface area contributed by atoms with Gasteiger partial charge in [0.15, 0.2) is 0 Å². The van der Waals surface area contributed by atoms with Crippen molar-refractivity contribution in [3.8, 4) is 11.5 Å². The molecule has 0 saturated heterocycles. The highest BCUT2D eigenvalue weighted by Crippen LogP contribution is 2.52. The standard InChI is InChI=1S/C20H32O3/c1-6-9-13-11-15(21)19-17(12-13)23-16(8-3)18(19)14(10-7-2)20(4,5)22/h11-12,14,16,18,21-22H,6-10H2,1-5H3. The van der Waals surface area contributed by atoms with Gasteiger partial charge in [0.25, 0.3) is 0 Å². The van der Waals surface area contributed by atoms with Crippen molar-refractivity contribution in [2.75, 3.05) is 0 Å². The first-order chi connectivity index (χ1) is 10.8. The number of aliphatic hydroxyl groups is 1. The second-order valence-electron chi connectivity index (χ2n) is 7.42. The number of ether oxygens (including phenoxy) is 1. The van der Waals surface area contributed by atoms with Crippen LogP contribution in [0.25, 0.3) is 0 Å². The maximum absolute atomic E-state index is 10.7. The van der Waals surface area contributed by atoms with E-state index in [1.807, 2.05) is 19.9 Å². The number of phenols is 1. The zero-order valence-corrected chi connectivity index (χ0v) is 15.2. The molecular weight excluding hydrogens is 288 g/mol. The fourth-order valence-electron chi connectivity index (χ4n) is 4.04. The van der Waals surface area contributed by atoms with E-state index in [0.29, 0.717) is 5.75 Å². The lowest BCUT2D eigenvalue weighted by Gasteiger charge is -2.36. The van der Waals surface area contributed by atoms with Gasteiger partial charge < -0.3 is 14.9 Å². The number of aromatic hydroxyl groups is 1. The number of aryl methyl sites for hydroxylation is 1. The number of hydrogen-bond acceptors (Lipinski definition) is 3. The van der Waals surface area contributed by atoms with Crippen molar-refractivity contribution in [1.29, 1.82) is 0 Å². The SMILES string of the molecule is CCCc1cc(O)c2c(c1)OC(CC)C2C(CCC)C(C)(C)O. The van der Waals surface area contributed by atoms with Crippen LogP contribution in [0.2, 0.25) is 0 Å². The normalized spacial score (nSPS) is 21.8. The van der Waals surface area contributed by atoms with Gasteiger partial charge in [-0.3, -0.25) is 0 Å². The largest absolute Gasteiger partial charge is 0.508 e. The van der Waals surface area contributed by atoms with Gasteiger partial charge in [-0.15, -0.1) is 0 Å². The quantitative estimate of drug-likeness (QED) is 0.759. The van der Waals surface area contributed by atoms with Crippen LogP contribution in [-0.4, -0.2) is 21.9 Å². The molecule has 2 N–H and O–H groups in total. The molecule has 0 bridgehead atoms. The Morgan fingerprint density at radius 2 is 1.87 bits per heavy atom. The summed E-state index contributed by atoms with van der Waals surface area (Å²) in [6.07, 6.45) is 4.81. The van der Waals surface area contributed by atoms with E-state index in [2.05, 4.69) is 26.8 Å². The van der Waals surface area contributed by atoms with Crippen molar-refractivity contribution < 1.29 is 14.9 Å². The summed E-state index contributed by atoms with van der Waals surface area (Å²) in [6.45, 7) is 10.1. The lowest BCUT2D eigenvalue weighted by molar-refractivity contribution is -0.0144. The molecule has 0 saturated carbocycles. The smallest absolute Gasteiger partial charge is 0.127 e. The van der Waals surface area contributed by atoms with Crippen LogP contribution in [-0.2, 0) is 6.42 Å². The van der Waals surface area contributed by atoms with Crippen molar-refractivity contribution in [1.82, 2.24) is 0 Å². The fraction of sp³-hybridized carbons (Fsp3) is 0.700. The van der Waals surface area contributed by atoms with Gasteiger partial charge in [-0.25, -0.2) is 0 Å². The molecule has 0 amide bonds. The average Bonchev–Trinajstić information content (AvgIpc) is 2.82. The van der Waals surface area contributed by atoms with Crippen molar-refractivity contribution in [2.45, 2.75) is 84.3 Å². The topological polar surface area (TPSA) is 49.7 Å². The molecule has 0 fully saturated rings. The lowest BCUT2D eigenvalue weighted by atomic mass is 9.72. The summed E-state index contributed by atoms with van der Waals surface area (Å²) in [6, 6.07) is 3.96. The summed E-state index contributed by atoms with van der Waals surface area (Å²) in [5, 5.41) is 21.3. The van der Waals surface area contributed by atoms with Crippen LogP contribution in [0.5, 0.6) is 11.5 Å². The summed E-state index contributed by atoms with van der Waals surface area (Å²) in [5.74, 6) is 1.26. The Labute approximate surface area is 140 Å². The summed E-state index contributed by atoms with van der Waals surface area (Å²) >= 11 is 0. The number of rotatable bonds is 7. The first kappa shape index (κ1) is 18.1. The van der Waals surface area contributed by atoms with E-state index in [4.69, 9.17) is 4.74 Å². The minimum Gasteiger partial charge on any atom is -0.508 e. The van der Waals surface area contributed by atoms with E-state index in [1.165, 1.54) is 0 Å². The zero-order valence-electron chi connectivity index (χ0n) is 15.2. The van der Waals surface area contributed by atoms with Crippen LogP contribution < -0.4 is 4.74 Å². The van der Waals surface area contributed by atoms with Crippen LogP contribution in [0.3, 0.4) is 0 Å². The predicted octanol–water partition coefficient (Wildman–Crippen LogP) is 4.79. The highest BCUT2D eigenvalue weighted by Gasteiger charge is 2.45. The van der Waals surface area contributed by atoms with Gasteiger partial charge >= 0.3 is 0 Å². The first-order valence-electron chi connectivity index (χ1n) is 9.08. The van der Waals surface area contributed by atoms with Crippen molar-refractivity contribution in [3.63, 3.8) is 0 Å². The molecule has 3 nitrogen and oxygen atoms in total.